The number of hydrogen-bond acceptors (Lipinski definition) is 3. The summed E-state index contributed by atoms with van der Waals surface area (Å²) < 4.78 is 0. The van der Waals surface area contributed by atoms with Crippen molar-refractivity contribution in [3.8, 4) is 0 Å². The van der Waals surface area contributed by atoms with Gasteiger partial charge in [0.25, 0.3) is 0 Å². The number of H-pyrrole nitrogens is 1. The zero-order valence-electron chi connectivity index (χ0n) is 9.73. The minimum atomic E-state index is -0.167. The van der Waals surface area contributed by atoms with Crippen molar-refractivity contribution in [3.63, 3.8) is 0 Å². The molecule has 4 N–H and O–H groups in total. The van der Waals surface area contributed by atoms with E-state index >= 15 is 0 Å². The van der Waals surface area contributed by atoms with Gasteiger partial charge in [-0.25, -0.2) is 4.98 Å². The van der Waals surface area contributed by atoms with Gasteiger partial charge in [0.05, 0.1) is 17.6 Å². The van der Waals surface area contributed by atoms with Crippen LogP contribution >= 0.6 is 0 Å². The highest BCUT2D eigenvalue weighted by atomic mass is 16.1. The van der Waals surface area contributed by atoms with Crippen LogP contribution in [0, 0.1) is 5.92 Å². The van der Waals surface area contributed by atoms with Crippen molar-refractivity contribution in [1.29, 1.82) is 0 Å². The molecule has 0 bridgehead atoms. The van der Waals surface area contributed by atoms with Crippen molar-refractivity contribution >= 4 is 16.9 Å². The molecule has 17 heavy (non-hydrogen) atoms. The minimum Gasteiger partial charge on any atom is -0.349 e. The van der Waals surface area contributed by atoms with E-state index in [1.807, 2.05) is 24.3 Å². The van der Waals surface area contributed by atoms with Crippen molar-refractivity contribution in [2.45, 2.75) is 13.5 Å². The summed E-state index contributed by atoms with van der Waals surface area (Å²) in [6.07, 6.45) is 0. The van der Waals surface area contributed by atoms with Gasteiger partial charge in [-0.05, 0) is 12.1 Å². The number of aromatic amines is 1. The molecule has 0 aliphatic carbocycles. The maximum atomic E-state index is 11.5. The van der Waals surface area contributed by atoms with Gasteiger partial charge in [-0.1, -0.05) is 19.1 Å². The molecular formula is C12H16N4O. The highest BCUT2D eigenvalue weighted by Gasteiger charge is 2.10. The number of para-hydroxylation sites is 2. The molecule has 0 radical (unpaired) electrons. The predicted octanol–water partition coefficient (Wildman–Crippen LogP) is 0.774. The molecule has 0 aliphatic rings. The molecule has 1 atom stereocenters. The first-order chi connectivity index (χ1) is 8.20. The van der Waals surface area contributed by atoms with Crippen LogP contribution < -0.4 is 11.1 Å². The van der Waals surface area contributed by atoms with Crippen LogP contribution in [-0.4, -0.2) is 22.4 Å². The quantitative estimate of drug-likeness (QED) is 0.728. The Hall–Kier alpha value is -1.88. The number of carbonyl (C=O) groups is 1. The SMILES string of the molecule is CC(CN)C(=O)NCc1nc2ccccc2[nH]1. The lowest BCUT2D eigenvalue weighted by Gasteiger charge is -2.07. The third kappa shape index (κ3) is 2.62. The zero-order chi connectivity index (χ0) is 12.3. The highest BCUT2D eigenvalue weighted by molar-refractivity contribution is 5.78. The van der Waals surface area contributed by atoms with Crippen LogP contribution in [0.3, 0.4) is 0 Å². The van der Waals surface area contributed by atoms with Crippen molar-refractivity contribution in [2.24, 2.45) is 11.7 Å². The molecule has 2 rings (SSSR count). The average molecular weight is 232 g/mol. The number of nitrogens with zero attached hydrogens (tertiary/aromatic N) is 1. The Balaban J connectivity index is 2.02. The molecular weight excluding hydrogens is 216 g/mol. The Morgan fingerprint density at radius 1 is 1.53 bits per heavy atom. The van der Waals surface area contributed by atoms with E-state index in [1.54, 1.807) is 6.92 Å². The Kier molecular flexibility index (Phi) is 3.39. The van der Waals surface area contributed by atoms with E-state index in [0.29, 0.717) is 13.1 Å². The molecule has 1 aromatic carbocycles. The number of aromatic nitrogens is 2. The summed E-state index contributed by atoms with van der Waals surface area (Å²) in [4.78, 5) is 19.0. The number of amides is 1. The number of imidazole rings is 1. The Morgan fingerprint density at radius 3 is 3.00 bits per heavy atom. The van der Waals surface area contributed by atoms with Crippen LogP contribution in [0.25, 0.3) is 11.0 Å². The van der Waals surface area contributed by atoms with Gasteiger partial charge in [-0.3, -0.25) is 4.79 Å². The summed E-state index contributed by atoms with van der Waals surface area (Å²) in [5, 5.41) is 2.80. The minimum absolute atomic E-state index is 0.0482. The largest absolute Gasteiger partial charge is 0.349 e. The molecule has 1 amide bonds. The molecule has 0 aliphatic heterocycles. The number of nitrogens with one attached hydrogen (secondary N) is 2. The van der Waals surface area contributed by atoms with E-state index in [4.69, 9.17) is 5.73 Å². The van der Waals surface area contributed by atoms with Crippen LogP contribution in [0.1, 0.15) is 12.7 Å². The van der Waals surface area contributed by atoms with E-state index < -0.39 is 0 Å². The van der Waals surface area contributed by atoms with Gasteiger partial charge in [0.2, 0.25) is 5.91 Å². The number of rotatable bonds is 4. The second-order valence-corrected chi connectivity index (χ2v) is 4.06. The fourth-order valence-electron chi connectivity index (χ4n) is 1.54. The van der Waals surface area contributed by atoms with Gasteiger partial charge in [0.1, 0.15) is 5.82 Å². The van der Waals surface area contributed by atoms with Gasteiger partial charge in [-0.15, -0.1) is 0 Å². The summed E-state index contributed by atoms with van der Waals surface area (Å²) in [5.41, 5.74) is 7.30. The van der Waals surface area contributed by atoms with E-state index in [1.165, 1.54) is 0 Å². The standard InChI is InChI=1S/C12H16N4O/c1-8(6-13)12(17)14-7-11-15-9-4-2-3-5-10(9)16-11/h2-5,8H,6-7,13H2,1H3,(H,14,17)(H,15,16). The predicted molar refractivity (Wildman–Crippen MR) is 66.2 cm³/mol. The molecule has 2 aromatic rings. The average Bonchev–Trinajstić information content (AvgIpc) is 2.77. The van der Waals surface area contributed by atoms with Gasteiger partial charge in [-0.2, -0.15) is 0 Å². The third-order valence-corrected chi connectivity index (χ3v) is 2.67. The summed E-state index contributed by atoms with van der Waals surface area (Å²) in [5.74, 6) is 0.538. The van der Waals surface area contributed by atoms with Crippen LogP contribution in [0.5, 0.6) is 0 Å². The first-order valence-corrected chi connectivity index (χ1v) is 5.62. The summed E-state index contributed by atoms with van der Waals surface area (Å²) in [7, 11) is 0. The fourth-order valence-corrected chi connectivity index (χ4v) is 1.54. The third-order valence-electron chi connectivity index (χ3n) is 2.67. The summed E-state index contributed by atoms with van der Waals surface area (Å²) >= 11 is 0. The van der Waals surface area contributed by atoms with Crippen LogP contribution in [0.4, 0.5) is 0 Å². The Labute approximate surface area is 99.4 Å². The molecule has 1 heterocycles. The highest BCUT2D eigenvalue weighted by Crippen LogP contribution is 2.09. The molecule has 1 unspecified atom stereocenters. The van der Waals surface area contributed by atoms with Crippen molar-refractivity contribution in [3.05, 3.63) is 30.1 Å². The van der Waals surface area contributed by atoms with Crippen molar-refractivity contribution < 1.29 is 4.79 Å². The second-order valence-electron chi connectivity index (χ2n) is 4.06. The normalized spacial score (nSPS) is 12.6. The smallest absolute Gasteiger partial charge is 0.224 e. The zero-order valence-corrected chi connectivity index (χ0v) is 9.73. The molecule has 1 aromatic heterocycles. The van der Waals surface area contributed by atoms with Crippen LogP contribution in [-0.2, 0) is 11.3 Å². The molecule has 0 saturated heterocycles. The lowest BCUT2D eigenvalue weighted by molar-refractivity contribution is -0.124. The Bertz CT molecular complexity index is 487. The first-order valence-electron chi connectivity index (χ1n) is 5.62. The molecule has 0 spiro atoms. The van der Waals surface area contributed by atoms with Gasteiger partial charge in [0.15, 0.2) is 0 Å². The van der Waals surface area contributed by atoms with Gasteiger partial charge in [0, 0.05) is 12.5 Å². The maximum Gasteiger partial charge on any atom is 0.224 e. The van der Waals surface area contributed by atoms with E-state index in [2.05, 4.69) is 15.3 Å². The molecule has 0 saturated carbocycles. The number of hydrogen-bond donors (Lipinski definition) is 3. The molecule has 0 fully saturated rings. The monoisotopic (exact) mass is 232 g/mol. The van der Waals surface area contributed by atoms with E-state index in [0.717, 1.165) is 16.9 Å². The second kappa shape index (κ2) is 4.97. The maximum absolute atomic E-state index is 11.5. The number of benzene rings is 1. The Morgan fingerprint density at radius 2 is 2.29 bits per heavy atom. The molecule has 5 heteroatoms. The lowest BCUT2D eigenvalue weighted by atomic mass is 10.2. The summed E-state index contributed by atoms with van der Waals surface area (Å²) in [6.45, 7) is 2.55. The fraction of sp³-hybridized carbons (Fsp3) is 0.333. The molecule has 90 valence electrons. The van der Waals surface area contributed by atoms with Crippen molar-refractivity contribution in [1.82, 2.24) is 15.3 Å². The first kappa shape index (κ1) is 11.6. The van der Waals surface area contributed by atoms with Gasteiger partial charge >= 0.3 is 0 Å². The molecule has 5 nitrogen and oxygen atoms in total. The van der Waals surface area contributed by atoms with Gasteiger partial charge < -0.3 is 16.0 Å². The number of fused-ring (bicyclic) bond motifs is 1. The van der Waals surface area contributed by atoms with Crippen LogP contribution in [0.2, 0.25) is 0 Å². The van der Waals surface area contributed by atoms with E-state index in [9.17, 15) is 4.79 Å². The van der Waals surface area contributed by atoms with Crippen LogP contribution in [0.15, 0.2) is 24.3 Å². The lowest BCUT2D eigenvalue weighted by Crippen LogP contribution is -2.33. The van der Waals surface area contributed by atoms with Crippen molar-refractivity contribution in [2.75, 3.05) is 6.54 Å². The number of carbonyl (C=O) groups excluding carboxylic acids is 1. The number of nitrogens with two attached hydrogens (primary N) is 1. The topological polar surface area (TPSA) is 83.8 Å². The van der Waals surface area contributed by atoms with E-state index in [-0.39, 0.29) is 11.8 Å². The summed E-state index contributed by atoms with van der Waals surface area (Å²) in [6, 6.07) is 7.76.